The lowest BCUT2D eigenvalue weighted by Gasteiger charge is -2.09. The number of aryl methyl sites for hydroxylation is 1. The van der Waals surface area contributed by atoms with Gasteiger partial charge in [-0.3, -0.25) is 10.4 Å². The smallest absolute Gasteiger partial charge is 0.248 e. The fourth-order valence-electron chi connectivity index (χ4n) is 1.63. The first-order valence-corrected chi connectivity index (χ1v) is 7.28. The summed E-state index contributed by atoms with van der Waals surface area (Å²) in [6.45, 7) is 4.71. The van der Waals surface area contributed by atoms with Crippen molar-refractivity contribution in [3.05, 3.63) is 30.1 Å². The molecule has 6 nitrogen and oxygen atoms in total. The Bertz CT molecular complexity index is 581. The van der Waals surface area contributed by atoms with Crippen molar-refractivity contribution < 1.29 is 4.74 Å². The van der Waals surface area contributed by atoms with E-state index in [4.69, 9.17) is 17.0 Å². The van der Waals surface area contributed by atoms with E-state index in [-0.39, 0.29) is 0 Å². The molecular formula is C14H19N5OS. The van der Waals surface area contributed by atoms with Crippen molar-refractivity contribution in [2.45, 2.75) is 26.7 Å². The number of anilines is 2. The molecule has 0 aliphatic heterocycles. The average molecular weight is 305 g/mol. The number of benzene rings is 1. The van der Waals surface area contributed by atoms with Gasteiger partial charge in [-0.2, -0.15) is 4.98 Å². The van der Waals surface area contributed by atoms with E-state index < -0.39 is 0 Å². The zero-order valence-corrected chi connectivity index (χ0v) is 13.0. The number of hydrogen-bond acceptors (Lipinski definition) is 4. The van der Waals surface area contributed by atoms with Crippen LogP contribution in [0.3, 0.4) is 0 Å². The molecule has 2 rings (SSSR count). The maximum absolute atomic E-state index is 5.60. The lowest BCUT2D eigenvalue weighted by Crippen LogP contribution is -2.19. The number of unbranched alkanes of at least 4 members (excludes halogenated alkanes) is 1. The van der Waals surface area contributed by atoms with Gasteiger partial charge >= 0.3 is 0 Å². The summed E-state index contributed by atoms with van der Waals surface area (Å²) < 4.78 is 5.60. The number of thiocarbonyl (C=S) groups is 1. The topological polar surface area (TPSA) is 74.9 Å². The summed E-state index contributed by atoms with van der Waals surface area (Å²) in [5, 5.41) is 13.1. The van der Waals surface area contributed by atoms with E-state index in [9.17, 15) is 0 Å². The zero-order chi connectivity index (χ0) is 15.1. The molecule has 0 saturated heterocycles. The second-order valence-corrected chi connectivity index (χ2v) is 4.96. The lowest BCUT2D eigenvalue weighted by atomic mass is 10.3. The highest BCUT2D eigenvalue weighted by Crippen LogP contribution is 2.16. The van der Waals surface area contributed by atoms with Gasteiger partial charge in [-0.15, -0.1) is 5.10 Å². The fourth-order valence-corrected chi connectivity index (χ4v) is 1.84. The lowest BCUT2D eigenvalue weighted by molar-refractivity contribution is 0.309. The normalized spacial score (nSPS) is 10.2. The zero-order valence-electron chi connectivity index (χ0n) is 12.1. The van der Waals surface area contributed by atoms with Crippen LogP contribution < -0.4 is 15.4 Å². The second kappa shape index (κ2) is 7.58. The molecule has 0 atom stereocenters. The van der Waals surface area contributed by atoms with Gasteiger partial charge in [0.1, 0.15) is 11.6 Å². The minimum Gasteiger partial charge on any atom is -0.494 e. The van der Waals surface area contributed by atoms with Crippen LogP contribution >= 0.6 is 12.2 Å². The molecule has 1 heterocycles. The summed E-state index contributed by atoms with van der Waals surface area (Å²) in [4.78, 5) is 4.12. The Balaban J connectivity index is 1.83. The largest absolute Gasteiger partial charge is 0.494 e. The number of hydrogen-bond donors (Lipinski definition) is 3. The number of nitrogens with one attached hydrogen (secondary N) is 3. The van der Waals surface area contributed by atoms with Gasteiger partial charge in [-0.05, 0) is 49.8 Å². The Morgan fingerprint density at radius 2 is 2.05 bits per heavy atom. The maximum atomic E-state index is 5.60. The molecule has 21 heavy (non-hydrogen) atoms. The first kappa shape index (κ1) is 15.2. The summed E-state index contributed by atoms with van der Waals surface area (Å²) in [7, 11) is 0. The van der Waals surface area contributed by atoms with Crippen LogP contribution in [0.4, 0.5) is 11.6 Å². The minimum atomic E-state index is 0.439. The van der Waals surface area contributed by atoms with Gasteiger partial charge in [0.05, 0.1) is 6.61 Å². The summed E-state index contributed by atoms with van der Waals surface area (Å²) in [5.41, 5.74) is 0.877. The van der Waals surface area contributed by atoms with Crippen molar-refractivity contribution in [2.24, 2.45) is 0 Å². The molecule has 0 radical (unpaired) electrons. The minimum absolute atomic E-state index is 0.439. The van der Waals surface area contributed by atoms with Crippen molar-refractivity contribution in [3.63, 3.8) is 0 Å². The maximum Gasteiger partial charge on any atom is 0.248 e. The molecule has 0 fully saturated rings. The van der Waals surface area contributed by atoms with Crippen molar-refractivity contribution >= 4 is 29.0 Å². The van der Waals surface area contributed by atoms with Crippen LogP contribution in [0.1, 0.15) is 25.6 Å². The number of nitrogens with zero attached hydrogens (tertiary/aromatic N) is 2. The van der Waals surface area contributed by atoms with Gasteiger partial charge in [0, 0.05) is 5.69 Å². The van der Waals surface area contributed by atoms with E-state index in [0.717, 1.165) is 36.7 Å². The van der Waals surface area contributed by atoms with Crippen LogP contribution in [0.25, 0.3) is 0 Å². The molecular weight excluding hydrogens is 286 g/mol. The van der Waals surface area contributed by atoms with E-state index in [1.807, 2.05) is 31.2 Å². The molecule has 1 aromatic heterocycles. The molecule has 112 valence electrons. The van der Waals surface area contributed by atoms with E-state index in [1.54, 1.807) is 0 Å². The molecule has 0 saturated carbocycles. The van der Waals surface area contributed by atoms with Gasteiger partial charge in [-0.1, -0.05) is 13.3 Å². The van der Waals surface area contributed by atoms with Crippen molar-refractivity contribution in [2.75, 3.05) is 17.2 Å². The second-order valence-electron chi connectivity index (χ2n) is 4.55. The predicted octanol–water partition coefficient (Wildman–Crippen LogP) is 3.10. The van der Waals surface area contributed by atoms with Crippen LogP contribution in [0.5, 0.6) is 5.75 Å². The monoisotopic (exact) mass is 305 g/mol. The summed E-state index contributed by atoms with van der Waals surface area (Å²) in [6, 6.07) is 7.66. The van der Waals surface area contributed by atoms with Crippen LogP contribution in [0, 0.1) is 6.92 Å². The third-order valence-corrected chi connectivity index (χ3v) is 2.91. The van der Waals surface area contributed by atoms with Crippen LogP contribution in [0.2, 0.25) is 0 Å². The number of ether oxygens (including phenoxy) is 1. The van der Waals surface area contributed by atoms with E-state index >= 15 is 0 Å². The summed E-state index contributed by atoms with van der Waals surface area (Å²) in [5.74, 6) is 2.04. The Labute approximate surface area is 129 Å². The molecule has 1 aromatic carbocycles. The molecule has 0 aliphatic carbocycles. The van der Waals surface area contributed by atoms with Crippen LogP contribution in [0.15, 0.2) is 24.3 Å². The number of H-pyrrole nitrogens is 1. The molecule has 0 amide bonds. The molecule has 0 unspecified atom stereocenters. The van der Waals surface area contributed by atoms with Gasteiger partial charge in [0.2, 0.25) is 5.95 Å². The molecule has 3 N–H and O–H groups in total. The number of aromatic nitrogens is 3. The molecule has 2 aromatic rings. The van der Waals surface area contributed by atoms with Crippen molar-refractivity contribution in [1.29, 1.82) is 0 Å². The van der Waals surface area contributed by atoms with Crippen LogP contribution in [-0.2, 0) is 0 Å². The number of aromatic amines is 1. The van der Waals surface area contributed by atoms with Gasteiger partial charge in [-0.25, -0.2) is 0 Å². The number of rotatable bonds is 6. The summed E-state index contributed by atoms with van der Waals surface area (Å²) in [6.07, 6.45) is 2.18. The Morgan fingerprint density at radius 3 is 2.67 bits per heavy atom. The molecule has 7 heteroatoms. The van der Waals surface area contributed by atoms with Crippen LogP contribution in [-0.4, -0.2) is 26.9 Å². The van der Waals surface area contributed by atoms with Gasteiger partial charge < -0.3 is 10.1 Å². The van der Waals surface area contributed by atoms with Gasteiger partial charge in [0.25, 0.3) is 0 Å². The highest BCUT2D eigenvalue weighted by molar-refractivity contribution is 7.80. The first-order chi connectivity index (χ1) is 10.2. The molecule has 0 aliphatic rings. The predicted molar refractivity (Wildman–Crippen MR) is 87.8 cm³/mol. The Morgan fingerprint density at radius 1 is 1.29 bits per heavy atom. The molecule has 0 bridgehead atoms. The standard InChI is InChI=1S/C14H19N5OS/c1-3-4-9-20-12-7-5-11(6-8-12)16-14(21)17-13-15-10(2)18-19-13/h5-8H,3-4,9H2,1-2H3,(H3,15,16,17,18,19,21). The Hall–Kier alpha value is -2.15. The summed E-state index contributed by atoms with van der Waals surface area (Å²) >= 11 is 5.20. The highest BCUT2D eigenvalue weighted by atomic mass is 32.1. The third-order valence-electron chi connectivity index (χ3n) is 2.70. The van der Waals surface area contributed by atoms with E-state index in [2.05, 4.69) is 32.7 Å². The van der Waals surface area contributed by atoms with E-state index in [0.29, 0.717) is 11.1 Å². The van der Waals surface area contributed by atoms with Crippen molar-refractivity contribution in [3.8, 4) is 5.75 Å². The fraction of sp³-hybridized carbons (Fsp3) is 0.357. The third kappa shape index (κ3) is 5.03. The Kier molecular flexibility index (Phi) is 5.51. The van der Waals surface area contributed by atoms with Gasteiger partial charge in [0.15, 0.2) is 5.11 Å². The quantitative estimate of drug-likeness (QED) is 0.562. The average Bonchev–Trinajstić information content (AvgIpc) is 2.86. The SMILES string of the molecule is CCCCOc1ccc(NC(=S)Nc2n[nH]c(C)n2)cc1. The molecule has 0 spiro atoms. The first-order valence-electron chi connectivity index (χ1n) is 6.87. The highest BCUT2D eigenvalue weighted by Gasteiger charge is 2.03. The van der Waals surface area contributed by atoms with Crippen molar-refractivity contribution in [1.82, 2.24) is 15.2 Å². The van der Waals surface area contributed by atoms with E-state index in [1.165, 1.54) is 0 Å².